The maximum absolute atomic E-state index is 13.0. The molecule has 86 valence electrons. The van der Waals surface area contributed by atoms with Crippen LogP contribution >= 0.6 is 0 Å². The van der Waals surface area contributed by atoms with Crippen LogP contribution in [0.15, 0.2) is 18.2 Å². The van der Waals surface area contributed by atoms with Gasteiger partial charge in [0.2, 0.25) is 0 Å². The van der Waals surface area contributed by atoms with Crippen LogP contribution in [0.1, 0.15) is 31.9 Å². The SMILES string of the molecule is CC#CCCOc1ccc(F)cc1C(C)N. The summed E-state index contributed by atoms with van der Waals surface area (Å²) in [4.78, 5) is 0. The zero-order valence-corrected chi connectivity index (χ0v) is 9.59. The van der Waals surface area contributed by atoms with Crippen molar-refractivity contribution in [2.75, 3.05) is 6.61 Å². The van der Waals surface area contributed by atoms with Crippen LogP contribution in [0.2, 0.25) is 0 Å². The summed E-state index contributed by atoms with van der Waals surface area (Å²) >= 11 is 0. The maximum atomic E-state index is 13.0. The van der Waals surface area contributed by atoms with Crippen LogP contribution in [-0.2, 0) is 0 Å². The lowest BCUT2D eigenvalue weighted by atomic mass is 10.1. The lowest BCUT2D eigenvalue weighted by Gasteiger charge is -2.13. The Balaban J connectivity index is 2.73. The Morgan fingerprint density at radius 3 is 2.88 bits per heavy atom. The predicted molar refractivity (Wildman–Crippen MR) is 62.6 cm³/mol. The fourth-order valence-corrected chi connectivity index (χ4v) is 1.34. The summed E-state index contributed by atoms with van der Waals surface area (Å²) in [5, 5.41) is 0. The van der Waals surface area contributed by atoms with E-state index in [4.69, 9.17) is 10.5 Å². The van der Waals surface area contributed by atoms with Crippen LogP contribution in [-0.4, -0.2) is 6.61 Å². The molecule has 0 heterocycles. The van der Waals surface area contributed by atoms with Gasteiger partial charge in [0.1, 0.15) is 11.6 Å². The molecule has 1 unspecified atom stereocenters. The van der Waals surface area contributed by atoms with E-state index in [1.165, 1.54) is 12.1 Å². The van der Waals surface area contributed by atoms with Crippen molar-refractivity contribution in [3.63, 3.8) is 0 Å². The summed E-state index contributed by atoms with van der Waals surface area (Å²) in [6, 6.07) is 4.13. The van der Waals surface area contributed by atoms with E-state index in [0.29, 0.717) is 24.3 Å². The summed E-state index contributed by atoms with van der Waals surface area (Å²) in [6.07, 6.45) is 0.659. The van der Waals surface area contributed by atoms with Crippen LogP contribution < -0.4 is 10.5 Å². The fraction of sp³-hybridized carbons (Fsp3) is 0.385. The molecule has 1 aromatic carbocycles. The molecule has 0 saturated heterocycles. The standard InChI is InChI=1S/C13H16FNO/c1-3-4-5-8-16-13-7-6-11(14)9-12(13)10(2)15/h6-7,9-10H,5,8,15H2,1-2H3. The van der Waals surface area contributed by atoms with Crippen LogP contribution in [0.5, 0.6) is 5.75 Å². The molecule has 0 radical (unpaired) electrons. The van der Waals surface area contributed by atoms with Crippen LogP contribution in [0.25, 0.3) is 0 Å². The third-order valence-electron chi connectivity index (χ3n) is 2.12. The molecule has 16 heavy (non-hydrogen) atoms. The summed E-state index contributed by atoms with van der Waals surface area (Å²) < 4.78 is 18.5. The molecule has 1 atom stereocenters. The highest BCUT2D eigenvalue weighted by Crippen LogP contribution is 2.24. The minimum Gasteiger partial charge on any atom is -0.492 e. The molecule has 1 rings (SSSR count). The van der Waals surface area contributed by atoms with E-state index >= 15 is 0 Å². The van der Waals surface area contributed by atoms with E-state index in [0.717, 1.165) is 0 Å². The Kier molecular flexibility index (Phi) is 4.81. The van der Waals surface area contributed by atoms with Gasteiger partial charge in [0.15, 0.2) is 0 Å². The first-order chi connectivity index (χ1) is 7.65. The van der Waals surface area contributed by atoms with Gasteiger partial charge in [0.25, 0.3) is 0 Å². The van der Waals surface area contributed by atoms with Crippen molar-refractivity contribution in [3.05, 3.63) is 29.6 Å². The van der Waals surface area contributed by atoms with Gasteiger partial charge in [-0.1, -0.05) is 0 Å². The first kappa shape index (κ1) is 12.5. The smallest absolute Gasteiger partial charge is 0.124 e. The highest BCUT2D eigenvalue weighted by Gasteiger charge is 2.09. The molecule has 0 aromatic heterocycles. The average Bonchev–Trinajstić information content (AvgIpc) is 2.26. The van der Waals surface area contributed by atoms with E-state index in [1.54, 1.807) is 19.9 Å². The molecule has 0 aliphatic heterocycles. The number of hydrogen-bond acceptors (Lipinski definition) is 2. The molecule has 0 fully saturated rings. The first-order valence-corrected chi connectivity index (χ1v) is 5.22. The number of benzene rings is 1. The minimum absolute atomic E-state index is 0.247. The van der Waals surface area contributed by atoms with Crippen molar-refractivity contribution in [2.45, 2.75) is 26.3 Å². The zero-order valence-electron chi connectivity index (χ0n) is 9.59. The van der Waals surface area contributed by atoms with Crippen LogP contribution in [0.4, 0.5) is 4.39 Å². The Labute approximate surface area is 95.6 Å². The summed E-state index contributed by atoms with van der Waals surface area (Å²) in [5.74, 6) is 6.02. The average molecular weight is 221 g/mol. The topological polar surface area (TPSA) is 35.2 Å². The van der Waals surface area contributed by atoms with Gasteiger partial charge in [0.05, 0.1) is 6.61 Å². The molecular weight excluding hydrogens is 205 g/mol. The summed E-state index contributed by atoms with van der Waals surface area (Å²) in [6.45, 7) is 4.07. The number of nitrogens with two attached hydrogens (primary N) is 1. The molecule has 0 aliphatic rings. The highest BCUT2D eigenvalue weighted by molar-refractivity contribution is 5.36. The summed E-state index contributed by atoms with van der Waals surface area (Å²) in [7, 11) is 0. The molecule has 2 N–H and O–H groups in total. The Bertz CT molecular complexity index is 404. The first-order valence-electron chi connectivity index (χ1n) is 5.22. The second kappa shape index (κ2) is 6.14. The van der Waals surface area contributed by atoms with Gasteiger partial charge in [-0.15, -0.1) is 11.8 Å². The maximum Gasteiger partial charge on any atom is 0.124 e. The molecule has 0 aliphatic carbocycles. The molecule has 0 bridgehead atoms. The van der Waals surface area contributed by atoms with Crippen molar-refractivity contribution in [1.82, 2.24) is 0 Å². The third kappa shape index (κ3) is 3.56. The molecule has 0 saturated carbocycles. The highest BCUT2D eigenvalue weighted by atomic mass is 19.1. The fourth-order valence-electron chi connectivity index (χ4n) is 1.34. The largest absolute Gasteiger partial charge is 0.492 e. The number of ether oxygens (including phenoxy) is 1. The molecule has 2 nitrogen and oxygen atoms in total. The monoisotopic (exact) mass is 221 g/mol. The number of rotatable bonds is 4. The Morgan fingerprint density at radius 1 is 1.50 bits per heavy atom. The van der Waals surface area contributed by atoms with Gasteiger partial charge < -0.3 is 10.5 Å². The van der Waals surface area contributed by atoms with Crippen molar-refractivity contribution in [1.29, 1.82) is 0 Å². The summed E-state index contributed by atoms with van der Waals surface area (Å²) in [5.41, 5.74) is 6.42. The zero-order chi connectivity index (χ0) is 12.0. The second-order valence-corrected chi connectivity index (χ2v) is 3.50. The van der Waals surface area contributed by atoms with Crippen LogP contribution in [0, 0.1) is 17.7 Å². The minimum atomic E-state index is -0.298. The van der Waals surface area contributed by atoms with Gasteiger partial charge in [0, 0.05) is 18.0 Å². The van der Waals surface area contributed by atoms with E-state index in [2.05, 4.69) is 11.8 Å². The van der Waals surface area contributed by atoms with Gasteiger partial charge in [-0.25, -0.2) is 4.39 Å². The predicted octanol–water partition coefficient (Wildman–Crippen LogP) is 2.64. The van der Waals surface area contributed by atoms with Crippen LogP contribution in [0.3, 0.4) is 0 Å². The van der Waals surface area contributed by atoms with Gasteiger partial charge in [-0.3, -0.25) is 0 Å². The van der Waals surface area contributed by atoms with E-state index in [9.17, 15) is 4.39 Å². The third-order valence-corrected chi connectivity index (χ3v) is 2.12. The molecule has 3 heteroatoms. The van der Waals surface area contributed by atoms with Crippen molar-refractivity contribution in [3.8, 4) is 17.6 Å². The Morgan fingerprint density at radius 2 is 2.25 bits per heavy atom. The quantitative estimate of drug-likeness (QED) is 0.626. The molecule has 0 spiro atoms. The molecular formula is C13H16FNO. The van der Waals surface area contributed by atoms with E-state index in [-0.39, 0.29) is 11.9 Å². The molecule has 0 amide bonds. The van der Waals surface area contributed by atoms with Gasteiger partial charge >= 0.3 is 0 Å². The van der Waals surface area contributed by atoms with Crippen molar-refractivity contribution in [2.24, 2.45) is 5.73 Å². The van der Waals surface area contributed by atoms with Gasteiger partial charge in [-0.2, -0.15) is 0 Å². The van der Waals surface area contributed by atoms with E-state index in [1.807, 2.05) is 0 Å². The normalized spacial score (nSPS) is 11.5. The molecule has 1 aromatic rings. The number of halogens is 1. The van der Waals surface area contributed by atoms with Crippen molar-refractivity contribution < 1.29 is 9.13 Å². The van der Waals surface area contributed by atoms with Gasteiger partial charge in [-0.05, 0) is 32.0 Å². The second-order valence-electron chi connectivity index (χ2n) is 3.50. The number of hydrogen-bond donors (Lipinski definition) is 1. The lowest BCUT2D eigenvalue weighted by molar-refractivity contribution is 0.321. The van der Waals surface area contributed by atoms with Crippen molar-refractivity contribution >= 4 is 0 Å². The van der Waals surface area contributed by atoms with E-state index < -0.39 is 0 Å². The Hall–Kier alpha value is -1.53. The lowest BCUT2D eigenvalue weighted by Crippen LogP contribution is -2.09.